The largest absolute Gasteiger partial charge is 0.490 e. The van der Waals surface area contributed by atoms with Crippen molar-refractivity contribution < 1.29 is 26.8 Å². The van der Waals surface area contributed by atoms with Crippen LogP contribution >= 0.6 is 0 Å². The Morgan fingerprint density at radius 1 is 1.18 bits per heavy atom. The van der Waals surface area contributed by atoms with Gasteiger partial charge >= 0.3 is 0 Å². The molecule has 1 aromatic heterocycles. The highest BCUT2D eigenvalue weighted by Crippen LogP contribution is 2.46. The standard InChI is InChI=1S/C26H28FNO5S/c1-5-25(3)15-32-24-21(25)14-22(28-23(24)18-8-10-19(27)11-9-18)26(4,29)16-33-34(30,31)20-12-6-17(2)7-13-20/h6-14,29H,5,15-16H2,1-4H3/t25-,26-/m0/s1. The van der Waals surface area contributed by atoms with Gasteiger partial charge in [0.2, 0.25) is 0 Å². The van der Waals surface area contributed by atoms with Crippen molar-refractivity contribution in [1.29, 1.82) is 0 Å². The highest BCUT2D eigenvalue weighted by molar-refractivity contribution is 7.86. The second-order valence-corrected chi connectivity index (χ2v) is 10.9. The Balaban J connectivity index is 1.72. The Kier molecular flexibility index (Phi) is 6.27. The van der Waals surface area contributed by atoms with E-state index in [0.717, 1.165) is 17.5 Å². The van der Waals surface area contributed by atoms with Crippen LogP contribution in [-0.4, -0.2) is 31.7 Å². The first-order valence-corrected chi connectivity index (χ1v) is 12.5. The summed E-state index contributed by atoms with van der Waals surface area (Å²) in [6.07, 6.45) is 0.784. The number of benzene rings is 2. The molecule has 0 fully saturated rings. The average molecular weight is 486 g/mol. The molecular formula is C26H28FNO5S. The molecule has 2 heterocycles. The molecule has 0 saturated carbocycles. The van der Waals surface area contributed by atoms with Gasteiger partial charge in [0.25, 0.3) is 10.1 Å². The normalized spacial score (nSPS) is 19.4. The molecule has 4 rings (SSSR count). The van der Waals surface area contributed by atoms with Gasteiger partial charge in [-0.3, -0.25) is 4.18 Å². The smallest absolute Gasteiger partial charge is 0.297 e. The highest BCUT2D eigenvalue weighted by Gasteiger charge is 2.40. The Bertz CT molecular complexity index is 1300. The molecule has 0 saturated heterocycles. The Hall–Kier alpha value is -2.81. The summed E-state index contributed by atoms with van der Waals surface area (Å²) in [5.41, 5.74) is 1.08. The van der Waals surface area contributed by atoms with Crippen LogP contribution < -0.4 is 4.74 Å². The van der Waals surface area contributed by atoms with Crippen LogP contribution in [0.3, 0.4) is 0 Å². The molecule has 34 heavy (non-hydrogen) atoms. The summed E-state index contributed by atoms with van der Waals surface area (Å²) in [5, 5.41) is 11.3. The minimum atomic E-state index is -4.08. The number of aliphatic hydroxyl groups is 1. The van der Waals surface area contributed by atoms with E-state index < -0.39 is 22.3 Å². The van der Waals surface area contributed by atoms with E-state index in [9.17, 15) is 17.9 Å². The van der Waals surface area contributed by atoms with Crippen LogP contribution in [0.5, 0.6) is 5.75 Å². The van der Waals surface area contributed by atoms with E-state index in [1.165, 1.54) is 31.2 Å². The van der Waals surface area contributed by atoms with Gasteiger partial charge in [-0.1, -0.05) is 31.5 Å². The summed E-state index contributed by atoms with van der Waals surface area (Å²) >= 11 is 0. The quantitative estimate of drug-likeness (QED) is 0.481. The van der Waals surface area contributed by atoms with Crippen LogP contribution in [0.4, 0.5) is 4.39 Å². The van der Waals surface area contributed by atoms with Gasteiger partial charge in [0.15, 0.2) is 0 Å². The Morgan fingerprint density at radius 3 is 2.44 bits per heavy atom. The van der Waals surface area contributed by atoms with Gasteiger partial charge in [-0.25, -0.2) is 9.37 Å². The van der Waals surface area contributed by atoms with Crippen molar-refractivity contribution in [3.63, 3.8) is 0 Å². The zero-order valence-corrected chi connectivity index (χ0v) is 20.4. The van der Waals surface area contributed by atoms with E-state index in [0.29, 0.717) is 23.6 Å². The first-order valence-electron chi connectivity index (χ1n) is 11.1. The van der Waals surface area contributed by atoms with Crippen molar-refractivity contribution in [3.8, 4) is 17.0 Å². The van der Waals surface area contributed by atoms with Gasteiger partial charge in [0, 0.05) is 16.5 Å². The molecule has 0 bridgehead atoms. The summed E-state index contributed by atoms with van der Waals surface area (Å²) < 4.78 is 50.1. The van der Waals surface area contributed by atoms with E-state index in [1.807, 2.05) is 13.8 Å². The molecule has 2 aromatic carbocycles. The molecular weight excluding hydrogens is 457 g/mol. The molecule has 0 aliphatic carbocycles. The molecule has 3 aromatic rings. The minimum Gasteiger partial charge on any atom is -0.490 e. The fourth-order valence-electron chi connectivity index (χ4n) is 3.85. The van der Waals surface area contributed by atoms with Gasteiger partial charge in [-0.05, 0) is 62.7 Å². The maximum absolute atomic E-state index is 13.5. The molecule has 0 amide bonds. The summed E-state index contributed by atoms with van der Waals surface area (Å²) in [7, 11) is -4.08. The van der Waals surface area contributed by atoms with Crippen LogP contribution in [0.15, 0.2) is 59.5 Å². The number of ether oxygens (including phenoxy) is 1. The Labute approximate surface area is 199 Å². The summed E-state index contributed by atoms with van der Waals surface area (Å²) in [5.74, 6) is 0.210. The van der Waals surface area contributed by atoms with Crippen molar-refractivity contribution in [2.45, 2.75) is 50.0 Å². The third-order valence-corrected chi connectivity index (χ3v) is 7.69. The lowest BCUT2D eigenvalue weighted by atomic mass is 9.80. The zero-order valence-electron chi connectivity index (χ0n) is 19.6. The topological polar surface area (TPSA) is 85.7 Å². The molecule has 0 spiro atoms. The zero-order chi connectivity index (χ0) is 24.7. The number of halogens is 1. The van der Waals surface area contributed by atoms with Gasteiger partial charge in [-0.2, -0.15) is 8.42 Å². The maximum atomic E-state index is 13.5. The van der Waals surface area contributed by atoms with Gasteiger partial charge in [0.05, 0.1) is 17.2 Å². The Morgan fingerprint density at radius 2 is 1.82 bits per heavy atom. The first kappa shape index (κ1) is 24.3. The van der Waals surface area contributed by atoms with Crippen LogP contribution in [0.1, 0.15) is 44.0 Å². The lowest BCUT2D eigenvalue weighted by Crippen LogP contribution is -2.31. The molecule has 0 radical (unpaired) electrons. The van der Waals surface area contributed by atoms with E-state index in [2.05, 4.69) is 11.9 Å². The maximum Gasteiger partial charge on any atom is 0.297 e. The number of hydrogen-bond donors (Lipinski definition) is 1. The van der Waals surface area contributed by atoms with E-state index in [-0.39, 0.29) is 21.8 Å². The number of pyridine rings is 1. The van der Waals surface area contributed by atoms with Crippen molar-refractivity contribution >= 4 is 10.1 Å². The van der Waals surface area contributed by atoms with Crippen molar-refractivity contribution in [2.24, 2.45) is 0 Å². The van der Waals surface area contributed by atoms with Gasteiger partial charge in [0.1, 0.15) is 29.5 Å². The lowest BCUT2D eigenvalue weighted by molar-refractivity contribution is 0.00599. The van der Waals surface area contributed by atoms with E-state index in [1.54, 1.807) is 30.3 Å². The van der Waals surface area contributed by atoms with Gasteiger partial charge in [-0.15, -0.1) is 0 Å². The third-order valence-electron chi connectivity index (χ3n) is 6.41. The van der Waals surface area contributed by atoms with Crippen LogP contribution in [0.2, 0.25) is 0 Å². The second-order valence-electron chi connectivity index (χ2n) is 9.25. The molecule has 1 N–H and O–H groups in total. The SMILES string of the molecule is CC[C@@]1(C)COc2c1cc([C@@](C)(O)COS(=O)(=O)c1ccc(C)cc1)nc2-c1ccc(F)cc1. The molecule has 180 valence electrons. The van der Waals surface area contributed by atoms with Gasteiger partial charge < -0.3 is 9.84 Å². The molecule has 1 aliphatic rings. The van der Waals surface area contributed by atoms with Crippen molar-refractivity contribution in [2.75, 3.05) is 13.2 Å². The third kappa shape index (κ3) is 4.58. The summed E-state index contributed by atoms with van der Waals surface area (Å²) in [6, 6.07) is 13.9. The second kappa shape index (κ2) is 8.76. The highest BCUT2D eigenvalue weighted by atomic mass is 32.2. The predicted molar refractivity (Wildman–Crippen MR) is 127 cm³/mol. The van der Waals surface area contributed by atoms with Crippen LogP contribution in [0.25, 0.3) is 11.3 Å². The molecule has 2 atom stereocenters. The van der Waals surface area contributed by atoms with Crippen molar-refractivity contribution in [3.05, 3.63) is 77.2 Å². The van der Waals surface area contributed by atoms with E-state index in [4.69, 9.17) is 8.92 Å². The average Bonchev–Trinajstić information content (AvgIpc) is 3.15. The number of rotatable bonds is 7. The molecule has 6 nitrogen and oxygen atoms in total. The van der Waals surface area contributed by atoms with Crippen molar-refractivity contribution in [1.82, 2.24) is 4.98 Å². The van der Waals surface area contributed by atoms with Crippen LogP contribution in [-0.2, 0) is 25.3 Å². The number of nitrogens with zero attached hydrogens (tertiary/aromatic N) is 1. The molecule has 0 unspecified atom stereocenters. The summed E-state index contributed by atoms with van der Waals surface area (Å²) in [4.78, 5) is 4.64. The van der Waals surface area contributed by atoms with E-state index >= 15 is 0 Å². The number of aromatic nitrogens is 1. The number of aryl methyl sites for hydroxylation is 1. The first-order chi connectivity index (χ1) is 15.9. The fraction of sp³-hybridized carbons (Fsp3) is 0.346. The van der Waals surface area contributed by atoms with Crippen LogP contribution in [0, 0.1) is 12.7 Å². The lowest BCUT2D eigenvalue weighted by Gasteiger charge is -2.26. The monoisotopic (exact) mass is 485 g/mol. The number of hydrogen-bond acceptors (Lipinski definition) is 6. The molecule has 8 heteroatoms. The fourth-order valence-corrected chi connectivity index (χ4v) is 4.84. The minimum absolute atomic E-state index is 0.00905. The molecule has 1 aliphatic heterocycles. The predicted octanol–water partition coefficient (Wildman–Crippen LogP) is 4.87. The number of fused-ring (bicyclic) bond motifs is 1. The summed E-state index contributed by atoms with van der Waals surface area (Å²) in [6.45, 7) is 7.34.